The quantitative estimate of drug-likeness (QED) is 0.786. The summed E-state index contributed by atoms with van der Waals surface area (Å²) >= 11 is 0. The molecule has 0 bridgehead atoms. The van der Waals surface area contributed by atoms with Crippen molar-refractivity contribution in [2.45, 2.75) is 39.0 Å². The predicted molar refractivity (Wildman–Crippen MR) is 81.5 cm³/mol. The van der Waals surface area contributed by atoms with Gasteiger partial charge in [-0.1, -0.05) is 32.0 Å². The lowest BCUT2D eigenvalue weighted by Crippen LogP contribution is -2.34. The van der Waals surface area contributed by atoms with E-state index in [0.29, 0.717) is 29.9 Å². The maximum Gasteiger partial charge on any atom is 0.311 e. The highest BCUT2D eigenvalue weighted by atomic mass is 16.5. The Morgan fingerprint density at radius 2 is 1.91 bits per heavy atom. The molecule has 1 aromatic carbocycles. The Labute approximate surface area is 130 Å². The van der Waals surface area contributed by atoms with Crippen molar-refractivity contribution in [3.8, 4) is 5.75 Å². The molecular weight excluding hydrogens is 280 g/mol. The molecular formula is C18H20O4. The molecule has 1 aliphatic heterocycles. The lowest BCUT2D eigenvalue weighted by molar-refractivity contribution is -0.142. The van der Waals surface area contributed by atoms with E-state index in [2.05, 4.69) is 0 Å². The fourth-order valence-corrected chi connectivity index (χ4v) is 3.43. The summed E-state index contributed by atoms with van der Waals surface area (Å²) in [4.78, 5) is 24.7. The van der Waals surface area contributed by atoms with Crippen molar-refractivity contribution < 1.29 is 19.1 Å². The maximum atomic E-state index is 12.6. The van der Waals surface area contributed by atoms with Crippen molar-refractivity contribution in [2.24, 2.45) is 5.41 Å². The second-order valence-corrected chi connectivity index (χ2v) is 6.75. The van der Waals surface area contributed by atoms with Crippen LogP contribution in [0.25, 0.3) is 0 Å². The molecule has 4 heteroatoms. The van der Waals surface area contributed by atoms with Crippen LogP contribution in [0.15, 0.2) is 35.6 Å². The number of rotatable bonds is 2. The smallest absolute Gasteiger partial charge is 0.311 e. The van der Waals surface area contributed by atoms with E-state index < -0.39 is 0 Å². The minimum absolute atomic E-state index is 0.0784. The predicted octanol–water partition coefficient (Wildman–Crippen LogP) is 3.37. The molecule has 0 spiro atoms. The van der Waals surface area contributed by atoms with Gasteiger partial charge in [0.15, 0.2) is 5.78 Å². The Hall–Kier alpha value is -2.10. The zero-order valence-electron chi connectivity index (χ0n) is 13.1. The third-order valence-corrected chi connectivity index (χ3v) is 4.35. The molecule has 4 nitrogen and oxygen atoms in total. The first-order chi connectivity index (χ1) is 10.4. The topological polar surface area (TPSA) is 52.6 Å². The largest absolute Gasteiger partial charge is 0.496 e. The van der Waals surface area contributed by atoms with E-state index in [1.807, 2.05) is 38.1 Å². The molecule has 1 aromatic rings. The number of benzene rings is 1. The van der Waals surface area contributed by atoms with Crippen molar-refractivity contribution >= 4 is 11.8 Å². The number of methoxy groups -OCH3 is 1. The van der Waals surface area contributed by atoms with Crippen molar-refractivity contribution in [1.82, 2.24) is 0 Å². The Bertz CT molecular complexity index is 669. The molecule has 0 aromatic heterocycles. The molecule has 1 atom stereocenters. The highest BCUT2D eigenvalue weighted by molar-refractivity contribution is 6.00. The first-order valence-electron chi connectivity index (χ1n) is 7.51. The molecule has 0 fully saturated rings. The average Bonchev–Trinajstić information content (AvgIpc) is 2.44. The van der Waals surface area contributed by atoms with E-state index >= 15 is 0 Å². The third-order valence-electron chi connectivity index (χ3n) is 4.35. The Kier molecular flexibility index (Phi) is 3.55. The van der Waals surface area contributed by atoms with E-state index in [1.54, 1.807) is 7.11 Å². The van der Waals surface area contributed by atoms with Crippen LogP contribution in [0.5, 0.6) is 5.75 Å². The molecule has 0 unspecified atom stereocenters. The molecule has 1 heterocycles. The zero-order chi connectivity index (χ0) is 15.9. The third kappa shape index (κ3) is 2.54. The van der Waals surface area contributed by atoms with Gasteiger partial charge in [-0.05, 0) is 11.5 Å². The van der Waals surface area contributed by atoms with Gasteiger partial charge in [0, 0.05) is 29.9 Å². The van der Waals surface area contributed by atoms with E-state index in [0.717, 1.165) is 5.56 Å². The summed E-state index contributed by atoms with van der Waals surface area (Å²) in [6, 6.07) is 7.55. The summed E-state index contributed by atoms with van der Waals surface area (Å²) in [7, 11) is 1.60. The van der Waals surface area contributed by atoms with Gasteiger partial charge in [0.05, 0.1) is 13.5 Å². The molecule has 0 saturated heterocycles. The van der Waals surface area contributed by atoms with Gasteiger partial charge in [-0.3, -0.25) is 9.59 Å². The first kappa shape index (κ1) is 14.8. The fraction of sp³-hybridized carbons (Fsp3) is 0.444. The highest BCUT2D eigenvalue weighted by Gasteiger charge is 2.42. The first-order valence-corrected chi connectivity index (χ1v) is 7.51. The van der Waals surface area contributed by atoms with Crippen LogP contribution in [-0.2, 0) is 14.3 Å². The minimum Gasteiger partial charge on any atom is -0.496 e. The minimum atomic E-state index is -0.278. The van der Waals surface area contributed by atoms with Crippen molar-refractivity contribution in [3.63, 3.8) is 0 Å². The Morgan fingerprint density at radius 3 is 2.64 bits per heavy atom. The van der Waals surface area contributed by atoms with Gasteiger partial charge < -0.3 is 9.47 Å². The summed E-state index contributed by atoms with van der Waals surface area (Å²) in [6.45, 7) is 4.05. The SMILES string of the molecule is COc1ccccc1[C@H]1CC(=O)OC2=C1C(=O)CC(C)(C)C2. The number of esters is 1. The molecule has 0 N–H and O–H groups in total. The number of carbonyl (C=O) groups excluding carboxylic acids is 2. The molecule has 22 heavy (non-hydrogen) atoms. The fourth-order valence-electron chi connectivity index (χ4n) is 3.43. The average molecular weight is 300 g/mol. The monoisotopic (exact) mass is 300 g/mol. The summed E-state index contributed by atoms with van der Waals surface area (Å²) in [6.07, 6.45) is 1.28. The summed E-state index contributed by atoms with van der Waals surface area (Å²) in [5.41, 5.74) is 1.37. The normalized spacial score (nSPS) is 23.9. The number of hydrogen-bond donors (Lipinski definition) is 0. The van der Waals surface area contributed by atoms with E-state index in [4.69, 9.17) is 9.47 Å². The Balaban J connectivity index is 2.11. The van der Waals surface area contributed by atoms with Crippen LogP contribution >= 0.6 is 0 Å². The number of hydrogen-bond acceptors (Lipinski definition) is 4. The Morgan fingerprint density at radius 1 is 1.18 bits per heavy atom. The van der Waals surface area contributed by atoms with E-state index in [1.165, 1.54) is 0 Å². The summed E-state index contributed by atoms with van der Waals surface area (Å²) < 4.78 is 10.8. The van der Waals surface area contributed by atoms with Crippen LogP contribution in [0.3, 0.4) is 0 Å². The van der Waals surface area contributed by atoms with Crippen LogP contribution in [0, 0.1) is 5.41 Å². The van der Waals surface area contributed by atoms with Gasteiger partial charge in [-0.15, -0.1) is 0 Å². The number of carbonyl (C=O) groups is 2. The maximum absolute atomic E-state index is 12.6. The number of Topliss-reactive ketones (excluding diaryl/α,β-unsaturated/α-hetero) is 1. The van der Waals surface area contributed by atoms with Crippen molar-refractivity contribution in [1.29, 1.82) is 0 Å². The van der Waals surface area contributed by atoms with Gasteiger partial charge in [0.2, 0.25) is 0 Å². The van der Waals surface area contributed by atoms with Crippen LogP contribution in [0.1, 0.15) is 44.6 Å². The van der Waals surface area contributed by atoms with Crippen molar-refractivity contribution in [3.05, 3.63) is 41.2 Å². The molecule has 2 aliphatic rings. The standard InChI is InChI=1S/C18H20O4/c1-18(2)9-13(19)17-12(8-16(20)22-15(17)10-18)11-6-4-5-7-14(11)21-3/h4-7,12H,8-10H2,1-3H3/t12-/m1/s1. The van der Waals surface area contributed by atoms with Gasteiger partial charge >= 0.3 is 5.97 Å². The zero-order valence-corrected chi connectivity index (χ0v) is 13.1. The second-order valence-electron chi connectivity index (χ2n) is 6.75. The molecule has 0 amide bonds. The second kappa shape index (κ2) is 5.27. The van der Waals surface area contributed by atoms with Gasteiger partial charge in [-0.2, -0.15) is 0 Å². The van der Waals surface area contributed by atoms with Gasteiger partial charge in [-0.25, -0.2) is 0 Å². The van der Waals surface area contributed by atoms with E-state index in [9.17, 15) is 9.59 Å². The summed E-state index contributed by atoms with van der Waals surface area (Å²) in [5, 5.41) is 0. The number of allylic oxidation sites excluding steroid dienone is 2. The molecule has 0 saturated carbocycles. The van der Waals surface area contributed by atoms with Crippen LogP contribution in [0.2, 0.25) is 0 Å². The van der Waals surface area contributed by atoms with Crippen LogP contribution in [-0.4, -0.2) is 18.9 Å². The van der Waals surface area contributed by atoms with Gasteiger partial charge in [0.25, 0.3) is 0 Å². The highest BCUT2D eigenvalue weighted by Crippen LogP contribution is 2.47. The lowest BCUT2D eigenvalue weighted by Gasteiger charge is -2.36. The summed E-state index contributed by atoms with van der Waals surface area (Å²) in [5.74, 6) is 0.783. The molecule has 1 aliphatic carbocycles. The lowest BCUT2D eigenvalue weighted by atomic mass is 9.71. The van der Waals surface area contributed by atoms with Crippen LogP contribution in [0.4, 0.5) is 0 Å². The number of ketones is 1. The van der Waals surface area contributed by atoms with Gasteiger partial charge in [0.1, 0.15) is 11.5 Å². The number of ether oxygens (including phenoxy) is 2. The van der Waals surface area contributed by atoms with E-state index in [-0.39, 0.29) is 29.5 Å². The molecule has 0 radical (unpaired) electrons. The number of para-hydroxylation sites is 1. The van der Waals surface area contributed by atoms with Crippen LogP contribution < -0.4 is 4.74 Å². The van der Waals surface area contributed by atoms with Crippen molar-refractivity contribution in [2.75, 3.05) is 7.11 Å². The molecule has 3 rings (SSSR count). The molecule has 116 valence electrons.